The molecule has 1 unspecified atom stereocenters. The highest BCUT2D eigenvalue weighted by atomic mass is 16.1. The third kappa shape index (κ3) is 2.90. The molecule has 0 aliphatic heterocycles. The molecule has 0 saturated heterocycles. The quantitative estimate of drug-likeness (QED) is 0.460. The lowest BCUT2D eigenvalue weighted by Crippen LogP contribution is -2.28. The number of carbonyl (C=O) groups excluding carboxylic acids is 1. The van der Waals surface area contributed by atoms with E-state index in [-0.39, 0.29) is 11.9 Å². The van der Waals surface area contributed by atoms with E-state index in [1.165, 1.54) is 5.57 Å². The molecule has 0 fully saturated rings. The topological polar surface area (TPSA) is 110 Å². The SMILES string of the molecule is Nc1cc(C(=O)NC2C3=C(CCC=C3)c3c(-c4nc5ccncc5[nH]4)cccc32)ccn1. The first kappa shape index (κ1) is 18.5. The first-order valence-electron chi connectivity index (χ1n) is 10.5. The van der Waals surface area contributed by atoms with Gasteiger partial charge in [-0.15, -0.1) is 0 Å². The van der Waals surface area contributed by atoms with Crippen molar-refractivity contribution in [3.63, 3.8) is 0 Å². The first-order valence-corrected chi connectivity index (χ1v) is 10.5. The summed E-state index contributed by atoms with van der Waals surface area (Å²) < 4.78 is 0. The van der Waals surface area contributed by atoms with Crippen molar-refractivity contribution in [2.75, 3.05) is 5.73 Å². The molecule has 0 bridgehead atoms. The van der Waals surface area contributed by atoms with Crippen molar-refractivity contribution in [3.05, 3.63) is 89.4 Å². The second-order valence-electron chi connectivity index (χ2n) is 8.00. The van der Waals surface area contributed by atoms with Gasteiger partial charge in [0.25, 0.3) is 5.91 Å². The fourth-order valence-electron chi connectivity index (χ4n) is 4.68. The van der Waals surface area contributed by atoms with Crippen molar-refractivity contribution in [2.45, 2.75) is 18.9 Å². The van der Waals surface area contributed by atoms with E-state index < -0.39 is 0 Å². The van der Waals surface area contributed by atoms with Crippen LogP contribution >= 0.6 is 0 Å². The Bertz CT molecular complexity index is 1410. The number of carbonyl (C=O) groups is 1. The van der Waals surface area contributed by atoms with Crippen molar-refractivity contribution in [2.24, 2.45) is 0 Å². The van der Waals surface area contributed by atoms with Crippen molar-refractivity contribution < 1.29 is 4.79 Å². The summed E-state index contributed by atoms with van der Waals surface area (Å²) in [4.78, 5) is 29.4. The molecule has 0 saturated carbocycles. The molecule has 6 rings (SSSR count). The van der Waals surface area contributed by atoms with Gasteiger partial charge in [-0.05, 0) is 53.3 Å². The third-order valence-corrected chi connectivity index (χ3v) is 6.08. The summed E-state index contributed by atoms with van der Waals surface area (Å²) in [5.41, 5.74) is 13.7. The Morgan fingerprint density at radius 3 is 3.00 bits per heavy atom. The van der Waals surface area contributed by atoms with Crippen LogP contribution in [0.4, 0.5) is 5.82 Å². The Hall–Kier alpha value is -4.26. The minimum Gasteiger partial charge on any atom is -0.384 e. The molecule has 2 aliphatic rings. The van der Waals surface area contributed by atoms with Gasteiger partial charge < -0.3 is 16.0 Å². The van der Waals surface area contributed by atoms with E-state index in [0.717, 1.165) is 52.0 Å². The van der Waals surface area contributed by atoms with Crippen LogP contribution in [-0.2, 0) is 0 Å². The number of pyridine rings is 2. The molecule has 4 N–H and O–H groups in total. The van der Waals surface area contributed by atoms with Crippen LogP contribution in [0.15, 0.2) is 72.7 Å². The van der Waals surface area contributed by atoms with E-state index in [1.807, 2.05) is 12.1 Å². The second kappa shape index (κ2) is 7.16. The highest BCUT2D eigenvalue weighted by Gasteiger charge is 2.34. The standard InChI is InChI=1S/C25H20N6O/c26-21-12-14(8-11-28-21)25(32)31-23-16-5-2-1-4-15(16)22-17(23)6-3-7-18(22)24-29-19-9-10-27-13-20(19)30-24/h2-3,5-13,23H,1,4H2,(H2,26,28)(H,29,30)(H,31,32). The normalized spacial score (nSPS) is 16.8. The fourth-order valence-corrected chi connectivity index (χ4v) is 4.68. The van der Waals surface area contributed by atoms with Crippen LogP contribution in [0.1, 0.15) is 40.4 Å². The summed E-state index contributed by atoms with van der Waals surface area (Å²) in [6.45, 7) is 0. The van der Waals surface area contributed by atoms with Crippen molar-refractivity contribution in [1.82, 2.24) is 25.3 Å². The maximum Gasteiger partial charge on any atom is 0.252 e. The van der Waals surface area contributed by atoms with Gasteiger partial charge in [0.2, 0.25) is 0 Å². The number of allylic oxidation sites excluding steroid dienone is 2. The maximum absolute atomic E-state index is 13.0. The second-order valence-corrected chi connectivity index (χ2v) is 8.00. The van der Waals surface area contributed by atoms with Crippen LogP contribution in [0.5, 0.6) is 0 Å². The molecule has 0 spiro atoms. The Balaban J connectivity index is 1.46. The van der Waals surface area contributed by atoms with Crippen LogP contribution in [0.3, 0.4) is 0 Å². The Kier molecular flexibility index (Phi) is 4.14. The summed E-state index contributed by atoms with van der Waals surface area (Å²) in [5.74, 6) is 0.951. The number of fused-ring (bicyclic) bond motifs is 3. The number of nitrogens with one attached hydrogen (secondary N) is 2. The molecule has 7 nitrogen and oxygen atoms in total. The number of hydrogen-bond donors (Lipinski definition) is 3. The van der Waals surface area contributed by atoms with Crippen LogP contribution in [0.2, 0.25) is 0 Å². The van der Waals surface area contributed by atoms with Crippen molar-refractivity contribution in [3.8, 4) is 11.4 Å². The molecule has 4 aromatic rings. The lowest BCUT2D eigenvalue weighted by molar-refractivity contribution is 0.0943. The monoisotopic (exact) mass is 420 g/mol. The Labute approximate surface area is 184 Å². The molecule has 156 valence electrons. The zero-order valence-electron chi connectivity index (χ0n) is 17.2. The zero-order valence-corrected chi connectivity index (χ0v) is 17.2. The predicted octanol–water partition coefficient (Wildman–Crippen LogP) is 4.19. The van der Waals surface area contributed by atoms with Crippen LogP contribution in [-0.4, -0.2) is 25.8 Å². The smallest absolute Gasteiger partial charge is 0.252 e. The van der Waals surface area contributed by atoms with Crippen molar-refractivity contribution in [1.29, 1.82) is 0 Å². The fraction of sp³-hybridized carbons (Fsp3) is 0.120. The highest BCUT2D eigenvalue weighted by molar-refractivity contribution is 5.97. The minimum atomic E-state index is -0.232. The molecule has 1 atom stereocenters. The van der Waals surface area contributed by atoms with Gasteiger partial charge in [0, 0.05) is 23.5 Å². The number of aromatic amines is 1. The summed E-state index contributed by atoms with van der Waals surface area (Å²) in [5, 5.41) is 3.21. The molecule has 3 heterocycles. The number of H-pyrrole nitrogens is 1. The molecule has 7 heteroatoms. The van der Waals surface area contributed by atoms with Gasteiger partial charge in [-0.25, -0.2) is 9.97 Å². The number of nitrogens with zero attached hydrogens (tertiary/aromatic N) is 3. The average molecular weight is 420 g/mol. The van der Waals surface area contributed by atoms with E-state index in [0.29, 0.717) is 11.4 Å². The van der Waals surface area contributed by atoms with Gasteiger partial charge in [0.05, 0.1) is 23.3 Å². The molecule has 32 heavy (non-hydrogen) atoms. The lowest BCUT2D eigenvalue weighted by Gasteiger charge is -2.18. The highest BCUT2D eigenvalue weighted by Crippen LogP contribution is 2.48. The molecule has 1 amide bonds. The number of amides is 1. The van der Waals surface area contributed by atoms with Crippen LogP contribution < -0.4 is 11.1 Å². The number of rotatable bonds is 3. The molecule has 3 aromatic heterocycles. The molecule has 0 radical (unpaired) electrons. The Morgan fingerprint density at radius 1 is 1.19 bits per heavy atom. The molecular weight excluding hydrogens is 400 g/mol. The number of nitrogens with two attached hydrogens (primary N) is 1. The van der Waals surface area contributed by atoms with Gasteiger partial charge in [-0.3, -0.25) is 9.78 Å². The van der Waals surface area contributed by atoms with Gasteiger partial charge in [-0.2, -0.15) is 0 Å². The minimum absolute atomic E-state index is 0.178. The van der Waals surface area contributed by atoms with E-state index in [9.17, 15) is 4.79 Å². The maximum atomic E-state index is 13.0. The van der Waals surface area contributed by atoms with Crippen LogP contribution in [0.25, 0.3) is 28.0 Å². The van der Waals surface area contributed by atoms with E-state index in [1.54, 1.807) is 30.7 Å². The predicted molar refractivity (Wildman–Crippen MR) is 123 cm³/mol. The first-order chi connectivity index (χ1) is 15.7. The summed E-state index contributed by atoms with van der Waals surface area (Å²) >= 11 is 0. The zero-order chi connectivity index (χ0) is 21.7. The van der Waals surface area contributed by atoms with Crippen LogP contribution in [0, 0.1) is 0 Å². The van der Waals surface area contributed by atoms with Gasteiger partial charge >= 0.3 is 0 Å². The summed E-state index contributed by atoms with van der Waals surface area (Å²) in [6, 6.07) is 11.1. The van der Waals surface area contributed by atoms with E-state index in [4.69, 9.17) is 10.7 Å². The Morgan fingerprint density at radius 2 is 2.12 bits per heavy atom. The number of hydrogen-bond acceptors (Lipinski definition) is 5. The average Bonchev–Trinajstić information content (AvgIpc) is 3.39. The van der Waals surface area contributed by atoms with Gasteiger partial charge in [0.1, 0.15) is 11.6 Å². The van der Waals surface area contributed by atoms with Gasteiger partial charge in [-0.1, -0.05) is 30.4 Å². The third-order valence-electron chi connectivity index (χ3n) is 6.08. The van der Waals surface area contributed by atoms with Gasteiger partial charge in [0.15, 0.2) is 0 Å². The number of imidazole rings is 1. The van der Waals surface area contributed by atoms with E-state index in [2.05, 4.69) is 44.6 Å². The largest absolute Gasteiger partial charge is 0.384 e. The number of nitrogen functional groups attached to an aromatic ring is 1. The molecular formula is C25H20N6O. The summed E-state index contributed by atoms with van der Waals surface area (Å²) in [6.07, 6.45) is 11.3. The molecule has 1 aromatic carbocycles. The number of aromatic nitrogens is 4. The number of benzene rings is 1. The van der Waals surface area contributed by atoms with E-state index >= 15 is 0 Å². The summed E-state index contributed by atoms with van der Waals surface area (Å²) in [7, 11) is 0. The molecule has 2 aliphatic carbocycles. The van der Waals surface area contributed by atoms with Crippen molar-refractivity contribution >= 4 is 28.3 Å². The lowest BCUT2D eigenvalue weighted by atomic mass is 9.93. The number of anilines is 1.